The number of alkyl carbamates (subject to hydrolysis) is 1. The predicted molar refractivity (Wildman–Crippen MR) is 312 cm³/mol. The SMILES string of the molecule is CON=C1C[C@@H](C)O[C@@H](O[C@@H]2[C@@H](C)[C@H](O[C@H]3C[C@H](C)N(C)C[C@H](C)O3)[C@@H](C)C(=O)O[C@H]([C@@H](C)CO[C@@H]3O[C@H](C)[C@@H](OC(C)=O)[C@@H](OC)[C@H]3OC)[C@H](C)[C@@H](OC(=O)CC(C)C)[C@@H](C)C(=O)[C@@](C)(OC(=O)NCCc3ccncc3)C[C@@H]2C)[C@@H]1OC(C)=O. The van der Waals surface area contributed by atoms with E-state index in [1.807, 2.05) is 53.8 Å². The summed E-state index contributed by atoms with van der Waals surface area (Å²) in [5.74, 6) is -8.94. The number of oxime groups is 1. The van der Waals surface area contributed by atoms with E-state index in [0.29, 0.717) is 25.1 Å². The third-order valence-electron chi connectivity index (χ3n) is 16.9. The van der Waals surface area contributed by atoms with Crippen molar-refractivity contribution >= 4 is 41.5 Å². The maximum Gasteiger partial charge on any atom is 0.408 e. The van der Waals surface area contributed by atoms with Crippen molar-refractivity contribution in [2.75, 3.05) is 48.1 Å². The summed E-state index contributed by atoms with van der Waals surface area (Å²) in [5.41, 5.74) is -0.763. The number of ketones is 1. The Morgan fingerprint density at radius 2 is 1.44 bits per heavy atom. The minimum atomic E-state index is -2.00. The number of carbonyl (C=O) groups is 6. The third kappa shape index (κ3) is 19.5. The van der Waals surface area contributed by atoms with E-state index in [1.54, 1.807) is 53.9 Å². The molecule has 1 aromatic rings. The van der Waals surface area contributed by atoms with Gasteiger partial charge in [0.05, 0.1) is 49.0 Å². The number of carbonyl (C=O) groups excluding carboxylic acids is 6. The van der Waals surface area contributed by atoms with Crippen molar-refractivity contribution in [1.82, 2.24) is 15.2 Å². The summed E-state index contributed by atoms with van der Waals surface area (Å²) in [4.78, 5) is 96.6. The van der Waals surface area contributed by atoms with E-state index in [9.17, 15) is 19.2 Å². The van der Waals surface area contributed by atoms with Gasteiger partial charge in [0.1, 0.15) is 37.2 Å². The minimum absolute atomic E-state index is 0.0151. The summed E-state index contributed by atoms with van der Waals surface area (Å²) in [6.07, 6.45) is -9.97. The van der Waals surface area contributed by atoms with Gasteiger partial charge < -0.3 is 76.6 Å². The summed E-state index contributed by atoms with van der Waals surface area (Å²) in [6.45, 7) is 26.4. The predicted octanol–water partition coefficient (Wildman–Crippen LogP) is 6.79. The summed E-state index contributed by atoms with van der Waals surface area (Å²) in [7, 11) is 6.29. The fourth-order valence-corrected chi connectivity index (χ4v) is 12.5. The van der Waals surface area contributed by atoms with Crippen molar-refractivity contribution in [1.29, 1.82) is 0 Å². The van der Waals surface area contributed by atoms with Crippen molar-refractivity contribution in [3.63, 3.8) is 0 Å². The molecule has 0 aromatic carbocycles. The number of esters is 4. The zero-order valence-electron chi connectivity index (χ0n) is 54.2. The van der Waals surface area contributed by atoms with Crippen LogP contribution in [0.25, 0.3) is 0 Å². The molecule has 24 nitrogen and oxygen atoms in total. The standard InChI is InChI=1S/C62H100N4O20/c1-32(2)26-47(69)82-51-39(9)50(34(4)31-76-59-56(74-18)55(73-17)53(42(12)79-59)80-43(13)67)84-58(71)41(11)52(83-48-27-35(5)66(16)30-37(7)77-48)38(8)49(85-60-54(81-44(14)68)46(65-75-19)28-36(6)78-60)33(3)29-62(15,57(70)40(51)10)86-61(72)64-25-22-45-20-23-63-24-21-45/h20-21,23-24,32-42,48-56,59-60H,22,25-31H2,1-19H3,(H,64,72)/t33-,34-,35-,36+,37-,38+,39-,40+,41+,42+,48-,49-,50+,51+,52-,53+,54+,55+,56+,59+,60-,62-/m0/s1. The second-order valence-electron chi connectivity index (χ2n) is 24.9. The zero-order chi connectivity index (χ0) is 63.9. The lowest BCUT2D eigenvalue weighted by molar-refractivity contribution is -0.307. The Hall–Kier alpha value is -4.92. The Morgan fingerprint density at radius 3 is 2.06 bits per heavy atom. The van der Waals surface area contributed by atoms with Crippen LogP contribution in [0.1, 0.15) is 135 Å². The number of hydrogen-bond acceptors (Lipinski definition) is 23. The Bertz CT molecular complexity index is 2380. The van der Waals surface area contributed by atoms with Gasteiger partial charge in [0.2, 0.25) is 6.29 Å². The van der Waals surface area contributed by atoms with Crippen molar-refractivity contribution in [2.45, 2.75) is 234 Å². The first-order valence-corrected chi connectivity index (χ1v) is 30.4. The summed E-state index contributed by atoms with van der Waals surface area (Å²) in [5, 5.41) is 7.07. The van der Waals surface area contributed by atoms with Crippen molar-refractivity contribution < 1.29 is 95.2 Å². The molecule has 5 heterocycles. The van der Waals surface area contributed by atoms with E-state index in [1.165, 1.54) is 42.1 Å². The molecule has 488 valence electrons. The van der Waals surface area contributed by atoms with Crippen LogP contribution in [0.4, 0.5) is 4.79 Å². The number of cyclic esters (lactones) is 1. The zero-order valence-corrected chi connectivity index (χ0v) is 54.2. The fourth-order valence-electron chi connectivity index (χ4n) is 12.5. The van der Waals surface area contributed by atoms with E-state index in [4.69, 9.17) is 66.4 Å². The molecule has 0 spiro atoms. The minimum Gasteiger partial charge on any atom is -0.461 e. The van der Waals surface area contributed by atoms with Gasteiger partial charge in [-0.25, -0.2) is 4.79 Å². The van der Waals surface area contributed by atoms with Gasteiger partial charge in [0.25, 0.3) is 0 Å². The highest BCUT2D eigenvalue weighted by atomic mass is 16.7. The van der Waals surface area contributed by atoms with Crippen molar-refractivity contribution in [3.05, 3.63) is 30.1 Å². The molecule has 24 heteroatoms. The molecule has 22 atom stereocenters. The van der Waals surface area contributed by atoms with Gasteiger partial charge in [-0.1, -0.05) is 53.6 Å². The van der Waals surface area contributed by atoms with Crippen molar-refractivity contribution in [3.8, 4) is 0 Å². The fraction of sp³-hybridized carbons (Fsp3) is 0.806. The average Bonchev–Trinajstić information content (AvgIpc) is 2.28. The number of nitrogens with one attached hydrogen (secondary N) is 1. The topological polar surface area (TPSA) is 272 Å². The molecular formula is C62H100N4O20. The van der Waals surface area contributed by atoms with Crippen LogP contribution in [0.2, 0.25) is 0 Å². The second kappa shape index (κ2) is 33.1. The summed E-state index contributed by atoms with van der Waals surface area (Å²) >= 11 is 0. The van der Waals surface area contributed by atoms with E-state index in [0.717, 1.165) is 5.56 Å². The Balaban J connectivity index is 1.72. The number of pyridine rings is 1. The molecule has 0 unspecified atom stereocenters. The van der Waals surface area contributed by atoms with Crippen molar-refractivity contribution in [2.24, 2.45) is 46.6 Å². The lowest BCUT2D eigenvalue weighted by Crippen LogP contribution is -2.60. The van der Waals surface area contributed by atoms with Gasteiger partial charge in [-0.15, -0.1) is 0 Å². The monoisotopic (exact) mass is 1220 g/mol. The first-order valence-electron chi connectivity index (χ1n) is 30.4. The van der Waals surface area contributed by atoms with E-state index in [-0.39, 0.29) is 50.5 Å². The molecule has 4 aliphatic heterocycles. The number of methoxy groups -OCH3 is 2. The van der Waals surface area contributed by atoms with Gasteiger partial charge in [0.15, 0.2) is 36.2 Å². The first kappa shape index (κ1) is 71.8. The molecule has 1 N–H and O–H groups in total. The normalized spacial score (nSPS) is 37.0. The third-order valence-corrected chi connectivity index (χ3v) is 16.9. The molecule has 5 rings (SSSR count). The van der Waals surface area contributed by atoms with E-state index in [2.05, 4.69) is 27.3 Å². The second-order valence-corrected chi connectivity index (χ2v) is 24.9. The lowest BCUT2D eigenvalue weighted by atomic mass is 9.74. The number of likely N-dealkylation sites (N-methyl/N-ethyl adjacent to an activating group) is 1. The molecule has 4 fully saturated rings. The smallest absolute Gasteiger partial charge is 0.408 e. The summed E-state index contributed by atoms with van der Waals surface area (Å²) in [6, 6.07) is 3.63. The molecule has 1 amide bonds. The average molecular weight is 1220 g/mol. The van der Waals surface area contributed by atoms with Gasteiger partial charge in [-0.3, -0.25) is 29.0 Å². The quantitative estimate of drug-likeness (QED) is 0.0800. The Morgan fingerprint density at radius 1 is 0.779 bits per heavy atom. The largest absolute Gasteiger partial charge is 0.461 e. The first-order chi connectivity index (χ1) is 40.5. The Labute approximate surface area is 508 Å². The number of amides is 1. The number of ether oxygens (including phenoxy) is 13. The van der Waals surface area contributed by atoms with Crippen LogP contribution in [0, 0.1) is 41.4 Å². The van der Waals surface area contributed by atoms with Gasteiger partial charge in [-0.05, 0) is 91.0 Å². The van der Waals surface area contributed by atoms with Gasteiger partial charge in [-0.2, -0.15) is 0 Å². The molecule has 86 heavy (non-hydrogen) atoms. The number of aromatic nitrogens is 1. The molecular weight excluding hydrogens is 1120 g/mol. The van der Waals surface area contributed by atoms with Crippen LogP contribution in [-0.2, 0) is 96.8 Å². The van der Waals surface area contributed by atoms with Crippen LogP contribution in [0.15, 0.2) is 29.7 Å². The van der Waals surface area contributed by atoms with Gasteiger partial charge in [0, 0.05) is 96.6 Å². The molecule has 0 bridgehead atoms. The molecule has 0 saturated carbocycles. The molecule has 0 radical (unpaired) electrons. The van der Waals surface area contributed by atoms with Crippen LogP contribution in [0.3, 0.4) is 0 Å². The molecule has 4 aliphatic rings. The molecule has 1 aromatic heterocycles. The highest BCUT2D eigenvalue weighted by Gasteiger charge is 2.53. The number of nitrogens with zero attached hydrogens (tertiary/aromatic N) is 3. The van der Waals surface area contributed by atoms with E-state index < -0.39 is 157 Å². The van der Waals surface area contributed by atoms with Crippen LogP contribution >= 0.6 is 0 Å². The number of Topliss-reactive ketones (excluding diaryl/α,β-unsaturated/α-hetero) is 1. The molecule has 4 saturated heterocycles. The van der Waals surface area contributed by atoms with Gasteiger partial charge >= 0.3 is 30.0 Å². The maximum absolute atomic E-state index is 16.0. The van der Waals surface area contributed by atoms with E-state index >= 15 is 9.59 Å². The maximum atomic E-state index is 16.0. The highest BCUT2D eigenvalue weighted by Crippen LogP contribution is 2.41. The Kier molecular flexibility index (Phi) is 27.6. The highest BCUT2D eigenvalue weighted by molar-refractivity contribution is 5.92. The number of hydrogen-bond donors (Lipinski definition) is 1. The van der Waals surface area contributed by atoms with Crippen LogP contribution in [-0.4, -0.2) is 197 Å². The number of rotatable bonds is 20. The lowest BCUT2D eigenvalue weighted by Gasteiger charge is -2.45. The van der Waals surface area contributed by atoms with Crippen LogP contribution in [0.5, 0.6) is 0 Å². The van der Waals surface area contributed by atoms with Crippen LogP contribution < -0.4 is 5.32 Å². The summed E-state index contributed by atoms with van der Waals surface area (Å²) < 4.78 is 83.1. The molecule has 0 aliphatic carbocycles.